The van der Waals surface area contributed by atoms with Crippen molar-refractivity contribution in [3.05, 3.63) is 45.9 Å². The lowest BCUT2D eigenvalue weighted by atomic mass is 10.3. The monoisotopic (exact) mass is 237 g/mol. The van der Waals surface area contributed by atoms with Crippen molar-refractivity contribution in [1.82, 2.24) is 10.2 Å². The third-order valence-electron chi connectivity index (χ3n) is 2.02. The fraction of sp³-hybridized carbons (Fsp3) is 0.100. The summed E-state index contributed by atoms with van der Waals surface area (Å²) in [6, 6.07) is 4.54. The van der Waals surface area contributed by atoms with E-state index >= 15 is 0 Å². The number of nitrogens with zero attached hydrogens (tertiary/aromatic N) is 2. The summed E-state index contributed by atoms with van der Waals surface area (Å²) < 4.78 is 18.1. The van der Waals surface area contributed by atoms with Crippen LogP contribution in [-0.4, -0.2) is 15.1 Å². The fourth-order valence-electron chi connectivity index (χ4n) is 1.28. The van der Waals surface area contributed by atoms with E-state index in [4.69, 9.17) is 4.74 Å². The Morgan fingerprint density at radius 2 is 2.24 bits per heavy atom. The summed E-state index contributed by atoms with van der Waals surface area (Å²) in [6.45, 7) is 1.75. The number of hydrogen-bond acceptors (Lipinski definition) is 4. The van der Waals surface area contributed by atoms with Crippen molar-refractivity contribution < 1.29 is 14.1 Å². The predicted molar refractivity (Wildman–Crippen MR) is 56.5 cm³/mol. The third kappa shape index (κ3) is 2.39. The molecule has 0 radical (unpaired) electrons. The Labute approximate surface area is 95.2 Å². The highest BCUT2D eigenvalue weighted by Crippen LogP contribution is 2.31. The van der Waals surface area contributed by atoms with E-state index in [1.165, 1.54) is 0 Å². The lowest BCUT2D eigenvalue weighted by molar-refractivity contribution is -0.385. The van der Waals surface area contributed by atoms with Gasteiger partial charge in [0.05, 0.1) is 4.92 Å². The van der Waals surface area contributed by atoms with Crippen LogP contribution in [0, 0.1) is 22.9 Å². The zero-order valence-corrected chi connectivity index (χ0v) is 8.81. The molecule has 0 atom stereocenters. The van der Waals surface area contributed by atoms with Crippen molar-refractivity contribution in [3.63, 3.8) is 0 Å². The summed E-state index contributed by atoms with van der Waals surface area (Å²) in [5, 5.41) is 17.1. The van der Waals surface area contributed by atoms with E-state index in [0.717, 1.165) is 23.9 Å². The number of hydrogen-bond donors (Lipinski definition) is 1. The number of benzene rings is 1. The number of nitro benzene ring substituents is 1. The lowest BCUT2D eigenvalue weighted by Gasteiger charge is -2.02. The number of aromatic nitrogens is 2. The Hall–Kier alpha value is -2.44. The average Bonchev–Trinajstić information content (AvgIpc) is 2.63. The molecule has 2 aromatic rings. The molecule has 7 heteroatoms. The van der Waals surface area contributed by atoms with E-state index in [-0.39, 0.29) is 17.3 Å². The fourth-order valence-corrected chi connectivity index (χ4v) is 1.28. The molecule has 0 aliphatic rings. The van der Waals surface area contributed by atoms with E-state index in [9.17, 15) is 14.5 Å². The van der Waals surface area contributed by atoms with Crippen molar-refractivity contribution in [3.8, 4) is 11.6 Å². The van der Waals surface area contributed by atoms with Gasteiger partial charge in [0.1, 0.15) is 5.82 Å². The second-order valence-electron chi connectivity index (χ2n) is 3.36. The molecule has 0 bridgehead atoms. The Balaban J connectivity index is 2.37. The smallest absolute Gasteiger partial charge is 0.311 e. The molecule has 0 aliphatic carbocycles. The van der Waals surface area contributed by atoms with Gasteiger partial charge in [0.25, 0.3) is 0 Å². The van der Waals surface area contributed by atoms with Crippen LogP contribution in [0.4, 0.5) is 10.1 Å². The highest BCUT2D eigenvalue weighted by molar-refractivity contribution is 5.47. The zero-order valence-electron chi connectivity index (χ0n) is 8.81. The summed E-state index contributed by atoms with van der Waals surface area (Å²) >= 11 is 0. The summed E-state index contributed by atoms with van der Waals surface area (Å²) in [7, 11) is 0. The van der Waals surface area contributed by atoms with E-state index < -0.39 is 10.7 Å². The van der Waals surface area contributed by atoms with Gasteiger partial charge in [-0.05, 0) is 13.0 Å². The van der Waals surface area contributed by atoms with Crippen molar-refractivity contribution in [2.45, 2.75) is 6.92 Å². The van der Waals surface area contributed by atoms with Gasteiger partial charge in [0.2, 0.25) is 11.6 Å². The second-order valence-corrected chi connectivity index (χ2v) is 3.36. The summed E-state index contributed by atoms with van der Waals surface area (Å²) in [6.07, 6.45) is 0. The number of nitro groups is 1. The molecule has 1 N–H and O–H groups in total. The third-order valence-corrected chi connectivity index (χ3v) is 2.02. The number of halogens is 1. The number of ether oxygens (including phenoxy) is 1. The molecule has 0 spiro atoms. The van der Waals surface area contributed by atoms with Crippen LogP contribution in [0.1, 0.15) is 5.69 Å². The molecule has 1 aromatic heterocycles. The molecule has 0 aliphatic heterocycles. The molecule has 1 heterocycles. The van der Waals surface area contributed by atoms with Crippen LogP contribution >= 0.6 is 0 Å². The molecule has 17 heavy (non-hydrogen) atoms. The van der Waals surface area contributed by atoms with Gasteiger partial charge >= 0.3 is 5.69 Å². The maximum Gasteiger partial charge on any atom is 0.311 e. The molecular weight excluding hydrogens is 229 g/mol. The van der Waals surface area contributed by atoms with Gasteiger partial charge in [-0.2, -0.15) is 0 Å². The minimum absolute atomic E-state index is 0.149. The lowest BCUT2D eigenvalue weighted by Crippen LogP contribution is -1.94. The zero-order chi connectivity index (χ0) is 12.4. The normalized spacial score (nSPS) is 10.2. The van der Waals surface area contributed by atoms with Crippen LogP contribution in [0.25, 0.3) is 0 Å². The number of aromatic amines is 1. The van der Waals surface area contributed by atoms with E-state index in [1.54, 1.807) is 13.0 Å². The number of nitrogens with one attached hydrogen (secondary N) is 1. The van der Waals surface area contributed by atoms with Crippen LogP contribution < -0.4 is 4.74 Å². The number of rotatable bonds is 3. The SMILES string of the molecule is Cc1cc(Oc2cc(F)ccc2[N+](=O)[O-])n[nH]1. The van der Waals surface area contributed by atoms with Gasteiger partial charge < -0.3 is 4.74 Å². The Bertz CT molecular complexity index is 568. The maximum atomic E-state index is 13.0. The van der Waals surface area contributed by atoms with Crippen LogP contribution in [0.3, 0.4) is 0 Å². The van der Waals surface area contributed by atoms with Crippen LogP contribution in [0.15, 0.2) is 24.3 Å². The topological polar surface area (TPSA) is 81.1 Å². The minimum atomic E-state index is -0.645. The van der Waals surface area contributed by atoms with Crippen LogP contribution in [0.5, 0.6) is 11.6 Å². The van der Waals surface area contributed by atoms with Gasteiger partial charge in [-0.3, -0.25) is 15.2 Å². The Morgan fingerprint density at radius 1 is 1.47 bits per heavy atom. The highest BCUT2D eigenvalue weighted by Gasteiger charge is 2.17. The summed E-state index contributed by atoms with van der Waals surface area (Å²) in [5.74, 6) is -0.643. The van der Waals surface area contributed by atoms with Gasteiger partial charge in [-0.15, -0.1) is 5.10 Å². The molecule has 1 aromatic carbocycles. The van der Waals surface area contributed by atoms with Crippen molar-refractivity contribution >= 4 is 5.69 Å². The van der Waals surface area contributed by atoms with Gasteiger partial charge in [0.15, 0.2) is 0 Å². The van der Waals surface area contributed by atoms with E-state index in [1.807, 2.05) is 0 Å². The molecule has 0 amide bonds. The predicted octanol–water partition coefficient (Wildman–Crippen LogP) is 2.56. The summed E-state index contributed by atoms with van der Waals surface area (Å²) in [4.78, 5) is 10.1. The number of H-pyrrole nitrogens is 1. The largest absolute Gasteiger partial charge is 0.430 e. The first-order valence-corrected chi connectivity index (χ1v) is 4.70. The van der Waals surface area contributed by atoms with Crippen molar-refractivity contribution in [2.75, 3.05) is 0 Å². The molecule has 6 nitrogen and oxygen atoms in total. The molecule has 0 unspecified atom stereocenters. The molecule has 88 valence electrons. The van der Waals surface area contributed by atoms with Crippen molar-refractivity contribution in [2.24, 2.45) is 0 Å². The van der Waals surface area contributed by atoms with Gasteiger partial charge in [0, 0.05) is 23.9 Å². The summed E-state index contributed by atoms with van der Waals surface area (Å²) in [5.41, 5.74) is 0.422. The molecular formula is C10H8FN3O3. The van der Waals surface area contributed by atoms with E-state index in [2.05, 4.69) is 10.2 Å². The Kier molecular flexibility index (Phi) is 2.73. The second kappa shape index (κ2) is 4.20. The first-order chi connectivity index (χ1) is 8.06. The molecule has 0 saturated heterocycles. The van der Waals surface area contributed by atoms with Crippen molar-refractivity contribution in [1.29, 1.82) is 0 Å². The molecule has 0 fully saturated rings. The molecule has 2 rings (SSSR count). The average molecular weight is 237 g/mol. The van der Waals surface area contributed by atoms with Crippen LogP contribution in [-0.2, 0) is 0 Å². The van der Waals surface area contributed by atoms with Crippen LogP contribution in [0.2, 0.25) is 0 Å². The minimum Gasteiger partial charge on any atom is -0.430 e. The molecule has 0 saturated carbocycles. The first-order valence-electron chi connectivity index (χ1n) is 4.70. The standard InChI is InChI=1S/C10H8FN3O3/c1-6-4-10(13-12-6)17-9-5-7(11)2-3-8(9)14(15)16/h2-5H,1H3,(H,12,13). The van der Waals surface area contributed by atoms with Gasteiger partial charge in [-0.1, -0.05) is 0 Å². The maximum absolute atomic E-state index is 13.0. The Morgan fingerprint density at radius 3 is 2.82 bits per heavy atom. The highest BCUT2D eigenvalue weighted by atomic mass is 19.1. The van der Waals surface area contributed by atoms with E-state index in [0.29, 0.717) is 0 Å². The quantitative estimate of drug-likeness (QED) is 0.657. The number of aryl methyl sites for hydroxylation is 1. The van der Waals surface area contributed by atoms with Gasteiger partial charge in [-0.25, -0.2) is 4.39 Å². The first kappa shape index (κ1) is 11.1.